The van der Waals surface area contributed by atoms with Crippen molar-refractivity contribution in [1.29, 1.82) is 0 Å². The van der Waals surface area contributed by atoms with Gasteiger partial charge in [0.25, 0.3) is 5.91 Å². The molecule has 4 rings (SSSR count). The number of halogens is 2. The van der Waals surface area contributed by atoms with Crippen LogP contribution in [0.5, 0.6) is 0 Å². The van der Waals surface area contributed by atoms with E-state index in [-0.39, 0.29) is 17.6 Å². The van der Waals surface area contributed by atoms with Gasteiger partial charge in [0.2, 0.25) is 0 Å². The number of nitrogens with zero attached hydrogens (tertiary/aromatic N) is 1. The summed E-state index contributed by atoms with van der Waals surface area (Å²) in [6.07, 6.45) is 5.83. The third kappa shape index (κ3) is 3.57. The summed E-state index contributed by atoms with van der Waals surface area (Å²) in [7, 11) is 0. The minimum Gasteiger partial charge on any atom is -0.348 e. The fourth-order valence-corrected chi connectivity index (χ4v) is 5.38. The molecule has 0 bridgehead atoms. The van der Waals surface area contributed by atoms with E-state index in [2.05, 4.69) is 22.5 Å². The second-order valence-electron chi connectivity index (χ2n) is 7.98. The molecule has 2 aliphatic carbocycles. The third-order valence-corrected chi connectivity index (χ3v) is 7.00. The Hall–Kier alpha value is -2.02. The summed E-state index contributed by atoms with van der Waals surface area (Å²) in [5.41, 5.74) is 1.03. The van der Waals surface area contributed by atoms with Crippen molar-refractivity contribution in [2.45, 2.75) is 52.0 Å². The van der Waals surface area contributed by atoms with Gasteiger partial charge in [-0.25, -0.2) is 13.8 Å². The Balaban J connectivity index is 1.47. The van der Waals surface area contributed by atoms with Gasteiger partial charge >= 0.3 is 0 Å². The first-order chi connectivity index (χ1) is 12.8. The van der Waals surface area contributed by atoms with Crippen LogP contribution in [0.4, 0.5) is 19.6 Å². The molecule has 3 atom stereocenters. The molecule has 27 heavy (non-hydrogen) atoms. The summed E-state index contributed by atoms with van der Waals surface area (Å²) < 4.78 is 26.7. The lowest BCUT2D eigenvalue weighted by molar-refractivity contribution is -0.0194. The van der Waals surface area contributed by atoms with E-state index in [1.54, 1.807) is 0 Å². The number of hydrogen-bond acceptors (Lipinski definition) is 4. The number of carbonyl (C=O) groups excluding carboxylic acids is 1. The Labute approximate surface area is 161 Å². The highest BCUT2D eigenvalue weighted by atomic mass is 32.1. The number of fused-ring (bicyclic) bond motifs is 1. The monoisotopic (exact) mass is 391 g/mol. The van der Waals surface area contributed by atoms with Crippen LogP contribution in [-0.4, -0.2) is 16.9 Å². The minimum atomic E-state index is -0.662. The standard InChI is InChI=1S/C20H23F2N3OS/c1-11-17(18(26)24-16-4-3-6-20(2)7-5-15(16)20)25-19(27-11)23-14-9-12(21)8-13(22)10-14/h8-10,15-16H,3-7H2,1-2H3,(H,23,25)(H,24,26). The maximum Gasteiger partial charge on any atom is 0.271 e. The second-order valence-corrected chi connectivity index (χ2v) is 9.18. The van der Waals surface area contributed by atoms with E-state index < -0.39 is 11.6 Å². The number of aromatic nitrogens is 1. The Morgan fingerprint density at radius 1 is 1.22 bits per heavy atom. The predicted molar refractivity (Wildman–Crippen MR) is 102 cm³/mol. The first-order valence-electron chi connectivity index (χ1n) is 9.35. The Morgan fingerprint density at radius 3 is 2.63 bits per heavy atom. The second kappa shape index (κ2) is 6.86. The molecule has 2 fully saturated rings. The molecule has 0 radical (unpaired) electrons. The largest absolute Gasteiger partial charge is 0.348 e. The van der Waals surface area contributed by atoms with E-state index in [9.17, 15) is 13.6 Å². The van der Waals surface area contributed by atoms with Gasteiger partial charge in [0.05, 0.1) is 0 Å². The quantitative estimate of drug-likeness (QED) is 0.756. The van der Waals surface area contributed by atoms with Crippen LogP contribution in [-0.2, 0) is 0 Å². The van der Waals surface area contributed by atoms with Crippen LogP contribution in [0.3, 0.4) is 0 Å². The highest BCUT2D eigenvalue weighted by Gasteiger charge is 2.49. The maximum absolute atomic E-state index is 13.3. The zero-order valence-corrected chi connectivity index (χ0v) is 16.3. The van der Waals surface area contributed by atoms with Crippen molar-refractivity contribution in [3.63, 3.8) is 0 Å². The summed E-state index contributed by atoms with van der Waals surface area (Å²) >= 11 is 1.30. The Bertz CT molecular complexity index is 864. The summed E-state index contributed by atoms with van der Waals surface area (Å²) in [5.74, 6) is -0.931. The first-order valence-corrected chi connectivity index (χ1v) is 10.2. The topological polar surface area (TPSA) is 54.0 Å². The number of benzene rings is 1. The van der Waals surface area contributed by atoms with Crippen LogP contribution in [0, 0.1) is 29.9 Å². The number of thiazole rings is 1. The van der Waals surface area contributed by atoms with Gasteiger partial charge in [-0.1, -0.05) is 13.3 Å². The molecule has 4 nitrogen and oxygen atoms in total. The van der Waals surface area contributed by atoms with Crippen molar-refractivity contribution in [2.75, 3.05) is 5.32 Å². The van der Waals surface area contributed by atoms with Gasteiger partial charge in [-0.3, -0.25) is 4.79 Å². The Kier molecular flexibility index (Phi) is 4.66. The predicted octanol–water partition coefficient (Wildman–Crippen LogP) is 5.17. The fourth-order valence-electron chi connectivity index (χ4n) is 4.55. The molecule has 144 valence electrons. The number of carbonyl (C=O) groups is 1. The molecule has 2 saturated carbocycles. The first kappa shape index (κ1) is 18.3. The SMILES string of the molecule is Cc1sc(Nc2cc(F)cc(F)c2)nc1C(=O)NC1CCCC2(C)CCC12. The van der Waals surface area contributed by atoms with Gasteiger partial charge in [-0.05, 0) is 56.1 Å². The number of anilines is 2. The van der Waals surface area contributed by atoms with Crippen molar-refractivity contribution in [1.82, 2.24) is 10.3 Å². The average molecular weight is 391 g/mol. The molecule has 2 N–H and O–H groups in total. The number of amides is 1. The lowest BCUT2D eigenvalue weighted by Crippen LogP contribution is -2.54. The number of rotatable bonds is 4. The highest BCUT2D eigenvalue weighted by Crippen LogP contribution is 2.55. The van der Waals surface area contributed by atoms with Crippen molar-refractivity contribution in [2.24, 2.45) is 11.3 Å². The molecular formula is C20H23F2N3OS. The van der Waals surface area contributed by atoms with Crippen molar-refractivity contribution < 1.29 is 13.6 Å². The smallest absolute Gasteiger partial charge is 0.271 e. The summed E-state index contributed by atoms with van der Waals surface area (Å²) in [4.78, 5) is 17.9. The zero-order valence-electron chi connectivity index (χ0n) is 15.4. The lowest BCUT2D eigenvalue weighted by atomic mass is 9.53. The number of nitrogens with one attached hydrogen (secondary N) is 2. The molecular weight excluding hydrogens is 368 g/mol. The lowest BCUT2D eigenvalue weighted by Gasteiger charge is -2.54. The molecule has 2 aliphatic rings. The van der Waals surface area contributed by atoms with E-state index in [0.29, 0.717) is 22.2 Å². The van der Waals surface area contributed by atoms with E-state index in [0.717, 1.165) is 23.8 Å². The van der Waals surface area contributed by atoms with E-state index in [1.165, 1.54) is 42.7 Å². The van der Waals surface area contributed by atoms with E-state index in [1.807, 2.05) is 6.92 Å². The van der Waals surface area contributed by atoms with Crippen LogP contribution >= 0.6 is 11.3 Å². The average Bonchev–Trinajstić information content (AvgIpc) is 2.91. The molecule has 1 heterocycles. The summed E-state index contributed by atoms with van der Waals surface area (Å²) in [6.45, 7) is 4.16. The van der Waals surface area contributed by atoms with Crippen LogP contribution in [0.1, 0.15) is 54.4 Å². The molecule has 0 aliphatic heterocycles. The van der Waals surface area contributed by atoms with E-state index in [4.69, 9.17) is 0 Å². The minimum absolute atomic E-state index is 0.164. The molecule has 0 saturated heterocycles. The molecule has 1 aromatic heterocycles. The number of hydrogen-bond donors (Lipinski definition) is 2. The van der Waals surface area contributed by atoms with Crippen molar-refractivity contribution >= 4 is 28.1 Å². The fraction of sp³-hybridized carbons (Fsp3) is 0.500. The zero-order chi connectivity index (χ0) is 19.2. The summed E-state index contributed by atoms with van der Waals surface area (Å²) in [6, 6.07) is 3.41. The van der Waals surface area contributed by atoms with Gasteiger partial charge in [-0.2, -0.15) is 0 Å². The molecule has 1 aromatic carbocycles. The van der Waals surface area contributed by atoms with Crippen LogP contribution in [0.2, 0.25) is 0 Å². The normalized spacial score (nSPS) is 26.8. The molecule has 0 spiro atoms. The molecule has 7 heteroatoms. The third-order valence-electron chi connectivity index (χ3n) is 6.11. The van der Waals surface area contributed by atoms with Crippen LogP contribution < -0.4 is 10.6 Å². The van der Waals surface area contributed by atoms with E-state index >= 15 is 0 Å². The maximum atomic E-state index is 13.3. The molecule has 2 aromatic rings. The Morgan fingerprint density at radius 2 is 1.96 bits per heavy atom. The van der Waals surface area contributed by atoms with Crippen LogP contribution in [0.15, 0.2) is 18.2 Å². The van der Waals surface area contributed by atoms with Crippen LogP contribution in [0.25, 0.3) is 0 Å². The molecule has 1 amide bonds. The van der Waals surface area contributed by atoms with Crippen molar-refractivity contribution in [3.8, 4) is 0 Å². The molecule has 3 unspecified atom stereocenters. The van der Waals surface area contributed by atoms with Gasteiger partial charge < -0.3 is 10.6 Å². The van der Waals surface area contributed by atoms with Crippen molar-refractivity contribution in [3.05, 3.63) is 40.4 Å². The highest BCUT2D eigenvalue weighted by molar-refractivity contribution is 7.15. The summed E-state index contributed by atoms with van der Waals surface area (Å²) in [5, 5.41) is 6.52. The van der Waals surface area contributed by atoms with Gasteiger partial charge in [0.1, 0.15) is 17.3 Å². The van der Waals surface area contributed by atoms with Gasteiger partial charge in [0.15, 0.2) is 5.13 Å². The number of aryl methyl sites for hydroxylation is 1. The van der Waals surface area contributed by atoms with Gasteiger partial charge in [-0.15, -0.1) is 11.3 Å². The van der Waals surface area contributed by atoms with Gasteiger partial charge in [0, 0.05) is 22.7 Å².